The Hall–Kier alpha value is -5.10. The Morgan fingerprint density at radius 3 is 2.40 bits per heavy atom. The summed E-state index contributed by atoms with van der Waals surface area (Å²) in [4.78, 5) is 25.4. The van der Waals surface area contributed by atoms with Crippen LogP contribution >= 0.6 is 0 Å². The van der Waals surface area contributed by atoms with Gasteiger partial charge in [0.25, 0.3) is 5.91 Å². The van der Waals surface area contributed by atoms with Crippen LogP contribution in [-0.4, -0.2) is 49.6 Å². The molecule has 12 heteroatoms. The fraction of sp³-hybridized carbons (Fsp3) is 0.100. The maximum absolute atomic E-state index is 13.8. The van der Waals surface area contributed by atoms with E-state index in [9.17, 15) is 22.0 Å². The van der Waals surface area contributed by atoms with Crippen molar-refractivity contribution in [1.29, 1.82) is 0 Å². The van der Waals surface area contributed by atoms with Crippen LogP contribution in [0.4, 0.5) is 14.5 Å². The van der Waals surface area contributed by atoms with Crippen LogP contribution in [0.3, 0.4) is 0 Å². The van der Waals surface area contributed by atoms with Gasteiger partial charge in [-0.15, -0.1) is 0 Å². The van der Waals surface area contributed by atoms with E-state index in [0.717, 1.165) is 10.6 Å². The number of hydrogen-bond acceptors (Lipinski definition) is 6. The van der Waals surface area contributed by atoms with Crippen LogP contribution in [-0.2, 0) is 10.0 Å². The van der Waals surface area contributed by atoms with E-state index in [0.29, 0.717) is 44.5 Å². The molecule has 0 saturated carbocycles. The first-order chi connectivity index (χ1) is 20.0. The van der Waals surface area contributed by atoms with Gasteiger partial charge in [-0.2, -0.15) is 0 Å². The monoisotopic (exact) mass is 587 g/mol. The quantitative estimate of drug-likeness (QED) is 0.256. The summed E-state index contributed by atoms with van der Waals surface area (Å²) in [6, 6.07) is 14.8. The highest BCUT2D eigenvalue weighted by Crippen LogP contribution is 2.41. The SMILES string of the molecule is CNC(=O)c1c(-c2ccc(F)cc2)oc2cc(N(C)S(C)(=O)=O)c(-c3cncc(-c4cc5cc(F)ccc5[nH]4)n3)cc12. The van der Waals surface area contributed by atoms with Gasteiger partial charge >= 0.3 is 0 Å². The lowest BCUT2D eigenvalue weighted by molar-refractivity contribution is 0.0964. The minimum atomic E-state index is -3.74. The third-order valence-electron chi connectivity index (χ3n) is 6.97. The molecular weight excluding hydrogens is 564 g/mol. The lowest BCUT2D eigenvalue weighted by atomic mass is 10.0. The lowest BCUT2D eigenvalue weighted by Crippen LogP contribution is -2.25. The Morgan fingerprint density at radius 1 is 0.976 bits per heavy atom. The van der Waals surface area contributed by atoms with Gasteiger partial charge in [0, 0.05) is 47.6 Å². The average molecular weight is 588 g/mol. The number of anilines is 1. The van der Waals surface area contributed by atoms with Crippen molar-refractivity contribution in [2.24, 2.45) is 0 Å². The van der Waals surface area contributed by atoms with E-state index >= 15 is 0 Å². The van der Waals surface area contributed by atoms with Crippen LogP contribution in [0.1, 0.15) is 10.4 Å². The van der Waals surface area contributed by atoms with Crippen molar-refractivity contribution in [1.82, 2.24) is 20.3 Å². The fourth-order valence-electron chi connectivity index (χ4n) is 4.80. The van der Waals surface area contributed by atoms with E-state index in [1.165, 1.54) is 69.0 Å². The number of rotatable bonds is 6. The van der Waals surface area contributed by atoms with Gasteiger partial charge in [0.2, 0.25) is 10.0 Å². The maximum atomic E-state index is 13.8. The number of carbonyl (C=O) groups is 1. The van der Waals surface area contributed by atoms with Crippen LogP contribution in [0.25, 0.3) is 55.8 Å². The number of benzene rings is 3. The molecule has 0 aliphatic carbocycles. The second kappa shape index (κ2) is 10.1. The number of hydrogen-bond donors (Lipinski definition) is 2. The molecule has 212 valence electrons. The summed E-state index contributed by atoms with van der Waals surface area (Å²) < 4.78 is 60.0. The summed E-state index contributed by atoms with van der Waals surface area (Å²) in [6.45, 7) is 0. The molecule has 1 amide bonds. The minimum absolute atomic E-state index is 0.190. The van der Waals surface area contributed by atoms with E-state index in [4.69, 9.17) is 9.40 Å². The zero-order chi connectivity index (χ0) is 29.8. The lowest BCUT2D eigenvalue weighted by Gasteiger charge is -2.20. The van der Waals surface area contributed by atoms with E-state index in [1.807, 2.05) is 0 Å². The Labute approximate surface area is 238 Å². The summed E-state index contributed by atoms with van der Waals surface area (Å²) >= 11 is 0. The van der Waals surface area contributed by atoms with Gasteiger partial charge in [-0.25, -0.2) is 22.2 Å². The molecule has 0 fully saturated rings. The third-order valence-corrected chi connectivity index (χ3v) is 8.16. The average Bonchev–Trinajstić information content (AvgIpc) is 3.56. The largest absolute Gasteiger partial charge is 0.455 e. The molecule has 0 aliphatic rings. The topological polar surface area (TPSA) is 121 Å². The molecule has 0 aliphatic heterocycles. The van der Waals surface area contributed by atoms with Crippen molar-refractivity contribution in [3.8, 4) is 34.0 Å². The Kier molecular flexibility index (Phi) is 6.49. The zero-order valence-corrected chi connectivity index (χ0v) is 23.4. The van der Waals surface area contributed by atoms with Crippen LogP contribution in [0, 0.1) is 11.6 Å². The van der Waals surface area contributed by atoms with E-state index in [2.05, 4.69) is 15.3 Å². The third kappa shape index (κ3) is 4.75. The van der Waals surface area contributed by atoms with Gasteiger partial charge in [0.05, 0.1) is 41.3 Å². The van der Waals surface area contributed by atoms with Crippen molar-refractivity contribution < 1.29 is 26.4 Å². The molecule has 0 unspecified atom stereocenters. The number of nitrogens with zero attached hydrogens (tertiary/aromatic N) is 3. The molecule has 0 saturated heterocycles. The summed E-state index contributed by atoms with van der Waals surface area (Å²) in [6.07, 6.45) is 4.07. The molecule has 6 rings (SSSR count). The normalized spacial score (nSPS) is 11.7. The van der Waals surface area contributed by atoms with Gasteiger partial charge in [-0.1, -0.05) is 0 Å². The van der Waals surface area contributed by atoms with Crippen LogP contribution in [0.5, 0.6) is 0 Å². The molecule has 9 nitrogen and oxygen atoms in total. The summed E-state index contributed by atoms with van der Waals surface area (Å²) in [5.41, 5.74) is 3.53. The maximum Gasteiger partial charge on any atom is 0.255 e. The zero-order valence-electron chi connectivity index (χ0n) is 22.6. The Balaban J connectivity index is 1.60. The van der Waals surface area contributed by atoms with E-state index in [-0.39, 0.29) is 28.4 Å². The first-order valence-corrected chi connectivity index (χ1v) is 14.5. The van der Waals surface area contributed by atoms with Crippen LogP contribution in [0.2, 0.25) is 0 Å². The molecule has 3 aromatic carbocycles. The number of aromatic nitrogens is 3. The van der Waals surface area contributed by atoms with E-state index < -0.39 is 21.7 Å². The number of aromatic amines is 1. The van der Waals surface area contributed by atoms with Crippen molar-refractivity contribution in [3.05, 3.63) is 90.3 Å². The minimum Gasteiger partial charge on any atom is -0.455 e. The van der Waals surface area contributed by atoms with Crippen molar-refractivity contribution in [2.75, 3.05) is 24.7 Å². The van der Waals surface area contributed by atoms with Crippen LogP contribution in [0.15, 0.2) is 77.5 Å². The van der Waals surface area contributed by atoms with Crippen LogP contribution < -0.4 is 9.62 Å². The first-order valence-electron chi connectivity index (χ1n) is 12.7. The molecule has 3 heterocycles. The molecule has 0 atom stereocenters. The number of amides is 1. The summed E-state index contributed by atoms with van der Waals surface area (Å²) in [5, 5.41) is 3.65. The summed E-state index contributed by atoms with van der Waals surface area (Å²) in [5.74, 6) is -1.08. The van der Waals surface area contributed by atoms with Gasteiger partial charge in [0.1, 0.15) is 28.7 Å². The van der Waals surface area contributed by atoms with Crippen molar-refractivity contribution in [3.63, 3.8) is 0 Å². The number of fused-ring (bicyclic) bond motifs is 2. The molecule has 42 heavy (non-hydrogen) atoms. The molecule has 0 radical (unpaired) electrons. The molecule has 2 N–H and O–H groups in total. The Bertz CT molecular complexity index is 2120. The first kappa shape index (κ1) is 27.1. The molecule has 0 bridgehead atoms. The summed E-state index contributed by atoms with van der Waals surface area (Å²) in [7, 11) is -0.868. The van der Waals surface area contributed by atoms with Gasteiger partial charge < -0.3 is 14.7 Å². The molecular formula is C30H23F2N5O4S. The number of H-pyrrole nitrogens is 1. The second-order valence-corrected chi connectivity index (χ2v) is 11.7. The van der Waals surface area contributed by atoms with Crippen molar-refractivity contribution >= 4 is 43.5 Å². The standard InChI is InChI=1S/C30H23F2N5O4S/c1-33-30(38)28-21-12-20(24-14-34-15-25(36-24)23-11-17-10-19(32)8-9-22(17)35-23)26(37(2)42(3,39)40)13-27(21)41-29(28)16-4-6-18(31)7-5-16/h4-15,35H,1-3H3,(H,33,38). The second-order valence-electron chi connectivity index (χ2n) is 9.69. The number of nitrogens with one attached hydrogen (secondary N) is 2. The number of carbonyl (C=O) groups excluding carboxylic acids is 1. The van der Waals surface area contributed by atoms with Gasteiger partial charge in [-0.3, -0.25) is 14.1 Å². The van der Waals surface area contributed by atoms with E-state index in [1.54, 1.807) is 18.2 Å². The highest BCUT2D eigenvalue weighted by Gasteiger charge is 2.26. The molecule has 0 spiro atoms. The molecule has 6 aromatic rings. The van der Waals surface area contributed by atoms with Gasteiger partial charge in [-0.05, 0) is 54.6 Å². The number of sulfonamides is 1. The number of halogens is 2. The van der Waals surface area contributed by atoms with Gasteiger partial charge in [0.15, 0.2) is 0 Å². The predicted molar refractivity (Wildman–Crippen MR) is 157 cm³/mol. The van der Waals surface area contributed by atoms with Crippen molar-refractivity contribution in [2.45, 2.75) is 0 Å². The highest BCUT2D eigenvalue weighted by atomic mass is 32.2. The predicted octanol–water partition coefficient (Wildman–Crippen LogP) is 5.74. The fourth-order valence-corrected chi connectivity index (χ4v) is 5.31. The molecule has 3 aromatic heterocycles. The Morgan fingerprint density at radius 2 is 1.69 bits per heavy atom. The number of furan rings is 1. The smallest absolute Gasteiger partial charge is 0.255 e. The highest BCUT2D eigenvalue weighted by molar-refractivity contribution is 7.92.